The number of carbonyl (C=O) groups is 1. The predicted molar refractivity (Wildman–Crippen MR) is 129 cm³/mol. The van der Waals surface area contributed by atoms with E-state index in [2.05, 4.69) is 21.2 Å². The van der Waals surface area contributed by atoms with Crippen molar-refractivity contribution in [1.29, 1.82) is 0 Å². The fraction of sp³-hybridized carbons (Fsp3) is 0.304. The number of amides is 1. The van der Waals surface area contributed by atoms with Crippen molar-refractivity contribution in [1.82, 2.24) is 10.2 Å². The highest BCUT2D eigenvalue weighted by Gasteiger charge is 2.30. The minimum atomic E-state index is -0.164. The number of hydrogen-bond donors (Lipinski definition) is 1. The molecular formula is C23H25BrN2O4S. The summed E-state index contributed by atoms with van der Waals surface area (Å²) in [6, 6.07) is 11.4. The summed E-state index contributed by atoms with van der Waals surface area (Å²) in [6.07, 6.45) is 2.38. The molecule has 1 aliphatic heterocycles. The maximum atomic E-state index is 12.9. The van der Waals surface area contributed by atoms with Gasteiger partial charge in [-0.15, -0.1) is 0 Å². The minimum Gasteiger partial charge on any atom is -0.496 e. The number of methoxy groups -OCH3 is 1. The van der Waals surface area contributed by atoms with Crippen molar-refractivity contribution >= 4 is 45.2 Å². The third-order valence-corrected chi connectivity index (χ3v) is 5.50. The van der Waals surface area contributed by atoms with E-state index in [1.165, 1.54) is 0 Å². The van der Waals surface area contributed by atoms with Crippen LogP contribution in [0.4, 0.5) is 0 Å². The zero-order valence-electron chi connectivity index (χ0n) is 17.7. The van der Waals surface area contributed by atoms with Crippen LogP contribution in [0.5, 0.6) is 17.2 Å². The van der Waals surface area contributed by atoms with E-state index in [-0.39, 0.29) is 5.91 Å². The highest BCUT2D eigenvalue weighted by molar-refractivity contribution is 9.10. The lowest BCUT2D eigenvalue weighted by Gasteiger charge is -2.16. The number of rotatable bonds is 9. The molecular weight excluding hydrogens is 480 g/mol. The third-order valence-electron chi connectivity index (χ3n) is 4.69. The lowest BCUT2D eigenvalue weighted by atomic mass is 10.1. The van der Waals surface area contributed by atoms with Crippen LogP contribution in [0, 0.1) is 0 Å². The maximum Gasteiger partial charge on any atom is 0.276 e. The van der Waals surface area contributed by atoms with E-state index in [9.17, 15) is 4.79 Å². The van der Waals surface area contributed by atoms with Crippen LogP contribution in [0.25, 0.3) is 6.08 Å². The average molecular weight is 505 g/mol. The highest BCUT2D eigenvalue weighted by atomic mass is 79.9. The van der Waals surface area contributed by atoms with E-state index in [0.717, 1.165) is 21.3 Å². The molecule has 2 aromatic carbocycles. The zero-order chi connectivity index (χ0) is 22.4. The monoisotopic (exact) mass is 504 g/mol. The van der Waals surface area contributed by atoms with Crippen molar-refractivity contribution in [3.63, 3.8) is 0 Å². The first-order valence-electron chi connectivity index (χ1n) is 10.0. The lowest BCUT2D eigenvalue weighted by molar-refractivity contribution is -0.122. The smallest absolute Gasteiger partial charge is 0.276 e. The van der Waals surface area contributed by atoms with Crippen LogP contribution in [0.3, 0.4) is 0 Å². The Hall–Kier alpha value is -2.58. The zero-order valence-corrected chi connectivity index (χ0v) is 20.1. The van der Waals surface area contributed by atoms with Gasteiger partial charge in [-0.1, -0.05) is 22.0 Å². The quantitative estimate of drug-likeness (QED) is 0.399. The lowest BCUT2D eigenvalue weighted by Crippen LogP contribution is -2.32. The van der Waals surface area contributed by atoms with Gasteiger partial charge in [0.25, 0.3) is 5.91 Å². The summed E-state index contributed by atoms with van der Waals surface area (Å²) < 4.78 is 17.6. The molecule has 6 nitrogen and oxygen atoms in total. The van der Waals surface area contributed by atoms with Crippen LogP contribution in [0.1, 0.15) is 25.0 Å². The van der Waals surface area contributed by atoms with E-state index >= 15 is 0 Å². The number of ether oxygens (including phenoxy) is 3. The molecule has 1 N–H and O–H groups in total. The van der Waals surface area contributed by atoms with Crippen molar-refractivity contribution in [2.75, 3.05) is 26.9 Å². The molecule has 1 amide bonds. The number of nitrogens with zero attached hydrogens (tertiary/aromatic N) is 1. The number of carbonyl (C=O) groups excluding carboxylic acids is 1. The molecule has 0 unspecified atom stereocenters. The summed E-state index contributed by atoms with van der Waals surface area (Å²) in [5.41, 5.74) is 2.24. The van der Waals surface area contributed by atoms with Gasteiger partial charge in [-0.3, -0.25) is 9.69 Å². The normalized spacial score (nSPS) is 14.7. The van der Waals surface area contributed by atoms with Gasteiger partial charge in [-0.25, -0.2) is 0 Å². The van der Waals surface area contributed by atoms with Crippen molar-refractivity contribution in [3.05, 3.63) is 57.7 Å². The van der Waals surface area contributed by atoms with E-state index in [1.54, 1.807) is 18.1 Å². The molecule has 31 heavy (non-hydrogen) atoms. The molecule has 0 saturated carbocycles. The van der Waals surface area contributed by atoms with Gasteiger partial charge in [0.2, 0.25) is 0 Å². The fourth-order valence-corrected chi connectivity index (χ4v) is 3.90. The Balaban J connectivity index is 1.74. The summed E-state index contributed by atoms with van der Waals surface area (Å²) >= 11 is 8.85. The molecule has 1 saturated heterocycles. The first-order valence-corrected chi connectivity index (χ1v) is 11.2. The topological polar surface area (TPSA) is 60.0 Å². The van der Waals surface area contributed by atoms with Gasteiger partial charge in [-0.2, -0.15) is 0 Å². The first-order chi connectivity index (χ1) is 15.0. The molecule has 0 aliphatic carbocycles. The van der Waals surface area contributed by atoms with Gasteiger partial charge < -0.3 is 19.5 Å². The van der Waals surface area contributed by atoms with E-state index in [1.807, 2.05) is 50.2 Å². The van der Waals surface area contributed by atoms with Crippen molar-refractivity contribution in [3.8, 4) is 17.2 Å². The van der Waals surface area contributed by atoms with Gasteiger partial charge in [-0.05, 0) is 74.5 Å². The number of thiocarbonyl (C=S) groups is 1. The van der Waals surface area contributed by atoms with Crippen LogP contribution in [-0.4, -0.2) is 42.8 Å². The molecule has 0 radical (unpaired) electrons. The Morgan fingerprint density at radius 1 is 1.06 bits per heavy atom. The Morgan fingerprint density at radius 2 is 1.77 bits per heavy atom. The molecule has 0 aromatic heterocycles. The Morgan fingerprint density at radius 3 is 2.48 bits per heavy atom. The summed E-state index contributed by atoms with van der Waals surface area (Å²) in [7, 11) is 1.60. The molecule has 1 heterocycles. The molecule has 3 rings (SSSR count). The minimum absolute atomic E-state index is 0.164. The number of nitrogens with one attached hydrogen (secondary N) is 1. The van der Waals surface area contributed by atoms with Crippen LogP contribution < -0.4 is 19.5 Å². The van der Waals surface area contributed by atoms with Gasteiger partial charge in [0.1, 0.15) is 11.4 Å². The maximum absolute atomic E-state index is 12.9. The second-order valence-corrected chi connectivity index (χ2v) is 8.03. The summed E-state index contributed by atoms with van der Waals surface area (Å²) in [4.78, 5) is 14.5. The molecule has 0 atom stereocenters. The van der Waals surface area contributed by atoms with Crippen molar-refractivity contribution in [2.45, 2.75) is 20.3 Å². The van der Waals surface area contributed by atoms with Crippen molar-refractivity contribution < 1.29 is 19.0 Å². The molecule has 0 spiro atoms. The van der Waals surface area contributed by atoms with Crippen LogP contribution in [-0.2, 0) is 11.2 Å². The standard InChI is InChI=1S/C23H25BrN2O4S/c1-4-29-20-8-6-15(12-21(20)30-5-2)10-11-26-22(27)18(25-23(26)31)14-16-13-17(24)7-9-19(16)28-3/h6-9,12-14H,4-5,10-11H2,1-3H3,(H,25,31)/b18-14+. The van der Waals surface area contributed by atoms with E-state index in [4.69, 9.17) is 26.4 Å². The number of benzene rings is 2. The molecule has 8 heteroatoms. The Labute approximate surface area is 196 Å². The second-order valence-electron chi connectivity index (χ2n) is 6.73. The molecule has 1 aliphatic rings. The average Bonchev–Trinajstić information content (AvgIpc) is 3.01. The number of halogens is 1. The van der Waals surface area contributed by atoms with Crippen LogP contribution in [0.2, 0.25) is 0 Å². The fourth-order valence-electron chi connectivity index (χ4n) is 3.24. The largest absolute Gasteiger partial charge is 0.496 e. The first kappa shape index (κ1) is 23.1. The van der Waals surface area contributed by atoms with Gasteiger partial charge in [0.15, 0.2) is 16.6 Å². The van der Waals surface area contributed by atoms with Gasteiger partial charge in [0.05, 0.1) is 20.3 Å². The van der Waals surface area contributed by atoms with Gasteiger partial charge >= 0.3 is 0 Å². The second kappa shape index (κ2) is 10.6. The van der Waals surface area contributed by atoms with Crippen LogP contribution >= 0.6 is 28.1 Å². The molecule has 0 bridgehead atoms. The third kappa shape index (κ3) is 5.57. The van der Waals surface area contributed by atoms with Crippen LogP contribution in [0.15, 0.2) is 46.6 Å². The molecule has 1 fully saturated rings. The SMILES string of the molecule is CCOc1ccc(CCN2C(=O)/C(=C\c3cc(Br)ccc3OC)NC2=S)cc1OCC. The van der Waals surface area contributed by atoms with E-state index in [0.29, 0.717) is 48.5 Å². The van der Waals surface area contributed by atoms with E-state index < -0.39 is 0 Å². The predicted octanol–water partition coefficient (Wildman–Crippen LogP) is 4.56. The van der Waals surface area contributed by atoms with Crippen molar-refractivity contribution in [2.24, 2.45) is 0 Å². The highest BCUT2D eigenvalue weighted by Crippen LogP contribution is 2.29. The summed E-state index contributed by atoms with van der Waals surface area (Å²) in [5.74, 6) is 1.93. The Kier molecular flexibility index (Phi) is 7.92. The molecule has 164 valence electrons. The summed E-state index contributed by atoms with van der Waals surface area (Å²) in [5, 5.41) is 3.41. The Bertz CT molecular complexity index is 1010. The number of hydrogen-bond acceptors (Lipinski definition) is 5. The van der Waals surface area contributed by atoms with Gasteiger partial charge in [0, 0.05) is 16.6 Å². The molecule has 2 aromatic rings. The summed E-state index contributed by atoms with van der Waals surface area (Å²) in [6.45, 7) is 5.45.